The van der Waals surface area contributed by atoms with E-state index >= 15 is 0 Å². The molecule has 4 nitrogen and oxygen atoms in total. The topological polar surface area (TPSA) is 61.4 Å². The van der Waals surface area contributed by atoms with Gasteiger partial charge in [0.25, 0.3) is 0 Å². The van der Waals surface area contributed by atoms with Crippen LogP contribution in [0.1, 0.15) is 46.5 Å². The van der Waals surface area contributed by atoms with Gasteiger partial charge in [0.15, 0.2) is 0 Å². The van der Waals surface area contributed by atoms with Crippen LogP contribution in [0.3, 0.4) is 0 Å². The van der Waals surface area contributed by atoms with Gasteiger partial charge in [-0.1, -0.05) is 13.8 Å². The molecule has 1 unspecified atom stereocenters. The number of carbonyl (C=O) groups is 1. The number of urea groups is 1. The molecule has 1 aliphatic carbocycles. The minimum absolute atomic E-state index is 0.0228. The summed E-state index contributed by atoms with van der Waals surface area (Å²) in [5, 5.41) is 14.4. The van der Waals surface area contributed by atoms with Crippen molar-refractivity contribution in [2.45, 2.75) is 52.5 Å². The fraction of sp³-hybridized carbons (Fsp3) is 0.923. The van der Waals surface area contributed by atoms with Gasteiger partial charge in [-0.05, 0) is 43.9 Å². The molecule has 0 spiro atoms. The van der Waals surface area contributed by atoms with Gasteiger partial charge in [-0.25, -0.2) is 4.79 Å². The fourth-order valence-corrected chi connectivity index (χ4v) is 2.22. The van der Waals surface area contributed by atoms with E-state index in [1.807, 2.05) is 0 Å². The van der Waals surface area contributed by atoms with Gasteiger partial charge in [0, 0.05) is 6.54 Å². The zero-order valence-electron chi connectivity index (χ0n) is 11.3. The largest absolute Gasteiger partial charge is 0.394 e. The van der Waals surface area contributed by atoms with Crippen molar-refractivity contribution < 1.29 is 9.90 Å². The monoisotopic (exact) mass is 242 g/mol. The Kier molecular flexibility index (Phi) is 5.25. The highest BCUT2D eigenvalue weighted by Gasteiger charge is 2.26. The van der Waals surface area contributed by atoms with Gasteiger partial charge in [-0.2, -0.15) is 0 Å². The molecular formula is C13H26N2O2. The molecule has 0 saturated heterocycles. The second-order valence-electron chi connectivity index (χ2n) is 6.05. The van der Waals surface area contributed by atoms with Crippen molar-refractivity contribution in [2.24, 2.45) is 11.3 Å². The number of rotatable bonds is 4. The predicted molar refractivity (Wildman–Crippen MR) is 68.8 cm³/mol. The van der Waals surface area contributed by atoms with E-state index in [0.29, 0.717) is 11.3 Å². The second-order valence-corrected chi connectivity index (χ2v) is 6.05. The third-order valence-electron chi connectivity index (χ3n) is 3.66. The van der Waals surface area contributed by atoms with E-state index in [0.717, 1.165) is 6.54 Å². The first-order chi connectivity index (χ1) is 7.93. The van der Waals surface area contributed by atoms with Gasteiger partial charge in [-0.15, -0.1) is 0 Å². The molecule has 0 aromatic rings. The quantitative estimate of drug-likeness (QED) is 0.705. The van der Waals surface area contributed by atoms with Crippen LogP contribution in [0.5, 0.6) is 0 Å². The standard InChI is InChI=1S/C13H26N2O2/c1-10(9-16)15-12(17)14-8-11-4-6-13(2,3)7-5-11/h10-11,16H,4-9H2,1-3H3,(H2,14,15,17). The van der Waals surface area contributed by atoms with Crippen molar-refractivity contribution in [3.8, 4) is 0 Å². The second kappa shape index (κ2) is 6.24. The van der Waals surface area contributed by atoms with E-state index in [1.165, 1.54) is 25.7 Å². The number of aliphatic hydroxyl groups is 1. The summed E-state index contributed by atoms with van der Waals surface area (Å²) in [6.07, 6.45) is 4.88. The first-order valence-corrected chi connectivity index (χ1v) is 6.58. The minimum Gasteiger partial charge on any atom is -0.394 e. The number of aliphatic hydroxyl groups excluding tert-OH is 1. The van der Waals surface area contributed by atoms with Crippen LogP contribution in [0.4, 0.5) is 4.79 Å². The number of nitrogens with one attached hydrogen (secondary N) is 2. The van der Waals surface area contributed by atoms with Crippen LogP contribution in [0.15, 0.2) is 0 Å². The summed E-state index contributed by atoms with van der Waals surface area (Å²) < 4.78 is 0. The van der Waals surface area contributed by atoms with Crippen LogP contribution >= 0.6 is 0 Å². The van der Waals surface area contributed by atoms with E-state index in [9.17, 15) is 4.79 Å². The fourth-order valence-electron chi connectivity index (χ4n) is 2.22. The predicted octanol–water partition coefficient (Wildman–Crippen LogP) is 1.88. The van der Waals surface area contributed by atoms with Gasteiger partial charge in [-0.3, -0.25) is 0 Å². The minimum atomic E-state index is -0.180. The summed E-state index contributed by atoms with van der Waals surface area (Å²) in [6.45, 7) is 7.13. The Hall–Kier alpha value is -0.770. The Balaban J connectivity index is 2.17. The third kappa shape index (κ3) is 5.39. The molecular weight excluding hydrogens is 216 g/mol. The summed E-state index contributed by atoms with van der Waals surface area (Å²) in [5.41, 5.74) is 0.476. The smallest absolute Gasteiger partial charge is 0.315 e. The van der Waals surface area contributed by atoms with Gasteiger partial charge in [0.05, 0.1) is 12.6 Å². The van der Waals surface area contributed by atoms with E-state index < -0.39 is 0 Å². The molecule has 0 aliphatic heterocycles. The first-order valence-electron chi connectivity index (χ1n) is 6.58. The van der Waals surface area contributed by atoms with Crippen LogP contribution in [-0.4, -0.2) is 30.3 Å². The van der Waals surface area contributed by atoms with Gasteiger partial charge in [0.1, 0.15) is 0 Å². The maximum Gasteiger partial charge on any atom is 0.315 e. The summed E-state index contributed by atoms with van der Waals surface area (Å²) in [5.74, 6) is 0.609. The molecule has 0 aromatic heterocycles. The van der Waals surface area contributed by atoms with Crippen molar-refractivity contribution in [3.05, 3.63) is 0 Å². The van der Waals surface area contributed by atoms with Crippen LogP contribution in [0, 0.1) is 11.3 Å². The molecule has 1 aliphatic rings. The maximum atomic E-state index is 11.4. The zero-order valence-corrected chi connectivity index (χ0v) is 11.3. The van der Waals surface area contributed by atoms with Crippen LogP contribution < -0.4 is 10.6 Å². The molecule has 0 heterocycles. The van der Waals surface area contributed by atoms with Crippen LogP contribution in [-0.2, 0) is 0 Å². The Morgan fingerprint density at radius 1 is 1.41 bits per heavy atom. The SMILES string of the molecule is CC(CO)NC(=O)NCC1CCC(C)(C)CC1. The highest BCUT2D eigenvalue weighted by molar-refractivity contribution is 5.74. The van der Waals surface area contributed by atoms with Crippen molar-refractivity contribution in [2.75, 3.05) is 13.2 Å². The Morgan fingerprint density at radius 2 is 2.00 bits per heavy atom. The summed E-state index contributed by atoms with van der Waals surface area (Å²) >= 11 is 0. The Labute approximate surface area is 104 Å². The zero-order chi connectivity index (χ0) is 12.9. The van der Waals surface area contributed by atoms with E-state index in [2.05, 4.69) is 24.5 Å². The average molecular weight is 242 g/mol. The third-order valence-corrected chi connectivity index (χ3v) is 3.66. The van der Waals surface area contributed by atoms with Gasteiger partial charge in [0.2, 0.25) is 0 Å². The van der Waals surface area contributed by atoms with Crippen molar-refractivity contribution in [1.82, 2.24) is 10.6 Å². The van der Waals surface area contributed by atoms with Gasteiger partial charge < -0.3 is 15.7 Å². The Morgan fingerprint density at radius 3 is 2.53 bits per heavy atom. The average Bonchev–Trinajstić information content (AvgIpc) is 2.27. The molecule has 1 atom stereocenters. The van der Waals surface area contributed by atoms with Crippen molar-refractivity contribution in [3.63, 3.8) is 0 Å². The van der Waals surface area contributed by atoms with Crippen molar-refractivity contribution >= 4 is 6.03 Å². The number of carbonyl (C=O) groups excluding carboxylic acids is 1. The van der Waals surface area contributed by atoms with E-state index in [4.69, 9.17) is 5.11 Å². The number of hydrogen-bond acceptors (Lipinski definition) is 2. The molecule has 1 rings (SSSR count). The molecule has 1 saturated carbocycles. The molecule has 17 heavy (non-hydrogen) atoms. The molecule has 0 aromatic carbocycles. The highest BCUT2D eigenvalue weighted by atomic mass is 16.3. The molecule has 3 N–H and O–H groups in total. The summed E-state index contributed by atoms with van der Waals surface area (Å²) in [4.78, 5) is 11.4. The summed E-state index contributed by atoms with van der Waals surface area (Å²) in [6, 6.07) is -0.350. The van der Waals surface area contributed by atoms with Crippen molar-refractivity contribution in [1.29, 1.82) is 0 Å². The lowest BCUT2D eigenvalue weighted by Crippen LogP contribution is -2.44. The summed E-state index contributed by atoms with van der Waals surface area (Å²) in [7, 11) is 0. The highest BCUT2D eigenvalue weighted by Crippen LogP contribution is 2.37. The van der Waals surface area contributed by atoms with E-state index in [1.54, 1.807) is 6.92 Å². The number of hydrogen-bond donors (Lipinski definition) is 3. The van der Waals surface area contributed by atoms with Crippen LogP contribution in [0.2, 0.25) is 0 Å². The normalized spacial score (nSPS) is 21.9. The lowest BCUT2D eigenvalue weighted by atomic mass is 9.73. The van der Waals surface area contributed by atoms with Gasteiger partial charge >= 0.3 is 6.03 Å². The molecule has 0 radical (unpaired) electrons. The number of amides is 2. The molecule has 100 valence electrons. The first kappa shape index (κ1) is 14.3. The molecule has 4 heteroatoms. The lowest BCUT2D eigenvalue weighted by molar-refractivity contribution is 0.185. The lowest BCUT2D eigenvalue weighted by Gasteiger charge is -2.34. The molecule has 2 amide bonds. The van der Waals surface area contributed by atoms with E-state index in [-0.39, 0.29) is 18.7 Å². The molecule has 0 bridgehead atoms. The molecule has 1 fully saturated rings. The van der Waals surface area contributed by atoms with Crippen LogP contribution in [0.25, 0.3) is 0 Å². The Bertz CT molecular complexity index is 244. The maximum absolute atomic E-state index is 11.4.